The average molecular weight is 301 g/mol. The molecule has 2 heteroatoms. The van der Waals surface area contributed by atoms with Gasteiger partial charge in [-0.3, -0.25) is 0 Å². The van der Waals surface area contributed by atoms with E-state index in [9.17, 15) is 0 Å². The van der Waals surface area contributed by atoms with Crippen LogP contribution in [0.2, 0.25) is 0 Å². The Kier molecular flexibility index (Phi) is 5.41. The Morgan fingerprint density at radius 1 is 0.864 bits per heavy atom. The molecule has 122 valence electrons. The Hall–Kier alpha value is -1.02. The second-order valence-corrected chi connectivity index (χ2v) is 7.40. The van der Waals surface area contributed by atoms with Crippen molar-refractivity contribution in [1.82, 2.24) is 0 Å². The van der Waals surface area contributed by atoms with Gasteiger partial charge < -0.3 is 10.5 Å². The van der Waals surface area contributed by atoms with E-state index in [1.165, 1.54) is 56.9 Å². The molecule has 2 aliphatic carbocycles. The zero-order valence-corrected chi connectivity index (χ0v) is 14.0. The van der Waals surface area contributed by atoms with E-state index in [1.807, 2.05) is 0 Å². The van der Waals surface area contributed by atoms with E-state index in [0.29, 0.717) is 0 Å². The largest absolute Gasteiger partial charge is 0.497 e. The van der Waals surface area contributed by atoms with E-state index < -0.39 is 0 Å². The van der Waals surface area contributed by atoms with Gasteiger partial charge in [0, 0.05) is 0 Å². The summed E-state index contributed by atoms with van der Waals surface area (Å²) in [6.07, 6.45) is 11.2. The topological polar surface area (TPSA) is 35.2 Å². The van der Waals surface area contributed by atoms with Gasteiger partial charge in [0.2, 0.25) is 0 Å². The molecule has 22 heavy (non-hydrogen) atoms. The van der Waals surface area contributed by atoms with Crippen molar-refractivity contribution in [3.05, 3.63) is 29.8 Å². The molecule has 2 saturated carbocycles. The van der Waals surface area contributed by atoms with Crippen molar-refractivity contribution in [1.29, 1.82) is 0 Å². The molecule has 0 amide bonds. The fourth-order valence-corrected chi connectivity index (χ4v) is 4.70. The highest BCUT2D eigenvalue weighted by Crippen LogP contribution is 2.43. The number of benzene rings is 1. The molecule has 3 rings (SSSR count). The molecule has 0 radical (unpaired) electrons. The van der Waals surface area contributed by atoms with Crippen molar-refractivity contribution in [2.75, 3.05) is 13.7 Å². The van der Waals surface area contributed by atoms with E-state index in [2.05, 4.69) is 24.3 Å². The van der Waals surface area contributed by atoms with Crippen LogP contribution in [0.25, 0.3) is 0 Å². The molecular weight excluding hydrogens is 270 g/mol. The number of hydrogen-bond acceptors (Lipinski definition) is 2. The van der Waals surface area contributed by atoms with E-state index in [1.54, 1.807) is 7.11 Å². The van der Waals surface area contributed by atoms with Crippen LogP contribution in [0, 0.1) is 17.8 Å². The van der Waals surface area contributed by atoms with E-state index >= 15 is 0 Å². The van der Waals surface area contributed by atoms with Crippen LogP contribution in [0.5, 0.6) is 5.75 Å². The van der Waals surface area contributed by atoms with Gasteiger partial charge >= 0.3 is 0 Å². The maximum absolute atomic E-state index is 5.82. The summed E-state index contributed by atoms with van der Waals surface area (Å²) in [4.78, 5) is 0. The summed E-state index contributed by atoms with van der Waals surface area (Å²) < 4.78 is 5.26. The molecule has 0 bridgehead atoms. The first-order valence-electron chi connectivity index (χ1n) is 9.14. The lowest BCUT2D eigenvalue weighted by Gasteiger charge is -2.37. The van der Waals surface area contributed by atoms with Crippen molar-refractivity contribution in [2.24, 2.45) is 23.5 Å². The molecule has 0 heterocycles. The van der Waals surface area contributed by atoms with Gasteiger partial charge in [0.05, 0.1) is 7.11 Å². The summed E-state index contributed by atoms with van der Waals surface area (Å²) in [6.45, 7) is 0.900. The molecular formula is C20H31NO. The number of hydrogen-bond donors (Lipinski definition) is 1. The quantitative estimate of drug-likeness (QED) is 0.872. The van der Waals surface area contributed by atoms with E-state index in [-0.39, 0.29) is 0 Å². The van der Waals surface area contributed by atoms with Gasteiger partial charge in [0.1, 0.15) is 5.75 Å². The Bertz CT molecular complexity index is 439. The molecule has 0 unspecified atom stereocenters. The lowest BCUT2D eigenvalue weighted by molar-refractivity contribution is 0.162. The Morgan fingerprint density at radius 2 is 1.41 bits per heavy atom. The van der Waals surface area contributed by atoms with E-state index in [0.717, 1.165) is 36.0 Å². The second kappa shape index (κ2) is 7.50. The minimum Gasteiger partial charge on any atom is -0.497 e. The minimum absolute atomic E-state index is 0.766. The molecule has 0 saturated heterocycles. The first-order valence-corrected chi connectivity index (χ1v) is 9.14. The molecule has 2 aliphatic rings. The first-order chi connectivity index (χ1) is 10.8. The maximum atomic E-state index is 5.82. The normalized spacial score (nSPS) is 32.6. The molecule has 1 aromatic carbocycles. The van der Waals surface area contributed by atoms with Crippen LogP contribution in [0.1, 0.15) is 62.8 Å². The smallest absolute Gasteiger partial charge is 0.118 e. The SMILES string of the molecule is COc1ccc(C2CCC(C3CCC(CN)CC3)CC2)cc1. The Labute approximate surface area is 135 Å². The third-order valence-corrected chi connectivity index (χ3v) is 6.25. The molecule has 0 aromatic heterocycles. The molecule has 2 nitrogen and oxygen atoms in total. The average Bonchev–Trinajstić information content (AvgIpc) is 2.62. The van der Waals surface area contributed by atoms with Crippen LogP contribution >= 0.6 is 0 Å². The predicted octanol–water partition coefficient (Wildman–Crippen LogP) is 4.73. The number of methoxy groups -OCH3 is 1. The summed E-state index contributed by atoms with van der Waals surface area (Å²) in [5, 5.41) is 0. The predicted molar refractivity (Wildman–Crippen MR) is 92.2 cm³/mol. The lowest BCUT2D eigenvalue weighted by Crippen LogP contribution is -2.27. The minimum atomic E-state index is 0.766. The third-order valence-electron chi connectivity index (χ3n) is 6.25. The van der Waals surface area contributed by atoms with Crippen LogP contribution in [0.15, 0.2) is 24.3 Å². The molecule has 2 fully saturated rings. The Balaban J connectivity index is 1.49. The standard InChI is InChI=1S/C20H31NO/c1-22-20-12-10-19(11-13-20)18-8-6-17(7-9-18)16-4-2-15(14-21)3-5-16/h10-13,15-18H,2-9,14,21H2,1H3. The summed E-state index contributed by atoms with van der Waals surface area (Å²) in [7, 11) is 1.74. The fraction of sp³-hybridized carbons (Fsp3) is 0.700. The summed E-state index contributed by atoms with van der Waals surface area (Å²) in [6, 6.07) is 8.73. The van der Waals surface area contributed by atoms with Gasteiger partial charge in [-0.05, 0) is 99.3 Å². The summed E-state index contributed by atoms with van der Waals surface area (Å²) >= 11 is 0. The highest BCUT2D eigenvalue weighted by molar-refractivity contribution is 5.29. The lowest BCUT2D eigenvalue weighted by atomic mass is 9.68. The van der Waals surface area contributed by atoms with Crippen molar-refractivity contribution in [3.63, 3.8) is 0 Å². The molecule has 0 atom stereocenters. The number of ether oxygens (including phenoxy) is 1. The highest BCUT2D eigenvalue weighted by Gasteiger charge is 2.30. The van der Waals surface area contributed by atoms with Gasteiger partial charge in [0.25, 0.3) is 0 Å². The van der Waals surface area contributed by atoms with Gasteiger partial charge in [-0.1, -0.05) is 12.1 Å². The van der Waals surface area contributed by atoms with Crippen LogP contribution < -0.4 is 10.5 Å². The highest BCUT2D eigenvalue weighted by atomic mass is 16.5. The second-order valence-electron chi connectivity index (χ2n) is 7.40. The van der Waals surface area contributed by atoms with Crippen LogP contribution in [0.4, 0.5) is 0 Å². The molecule has 2 N–H and O–H groups in total. The van der Waals surface area contributed by atoms with Gasteiger partial charge in [-0.15, -0.1) is 0 Å². The van der Waals surface area contributed by atoms with Gasteiger partial charge in [-0.2, -0.15) is 0 Å². The zero-order valence-electron chi connectivity index (χ0n) is 14.0. The number of nitrogens with two attached hydrogens (primary N) is 1. The molecule has 0 spiro atoms. The van der Waals surface area contributed by atoms with Crippen molar-refractivity contribution < 1.29 is 4.74 Å². The molecule has 0 aliphatic heterocycles. The summed E-state index contributed by atoms with van der Waals surface area (Å²) in [5.74, 6) is 4.51. The zero-order chi connectivity index (χ0) is 15.4. The maximum Gasteiger partial charge on any atom is 0.118 e. The fourth-order valence-electron chi connectivity index (χ4n) is 4.70. The first kappa shape index (κ1) is 15.9. The third kappa shape index (κ3) is 3.65. The Morgan fingerprint density at radius 3 is 1.91 bits per heavy atom. The van der Waals surface area contributed by atoms with Crippen LogP contribution in [-0.4, -0.2) is 13.7 Å². The van der Waals surface area contributed by atoms with Crippen molar-refractivity contribution >= 4 is 0 Å². The summed E-state index contributed by atoms with van der Waals surface area (Å²) in [5.41, 5.74) is 7.33. The molecule has 1 aromatic rings. The van der Waals surface area contributed by atoms with Crippen LogP contribution in [-0.2, 0) is 0 Å². The number of rotatable bonds is 4. The van der Waals surface area contributed by atoms with Crippen LogP contribution in [0.3, 0.4) is 0 Å². The van der Waals surface area contributed by atoms with Gasteiger partial charge in [-0.25, -0.2) is 0 Å². The van der Waals surface area contributed by atoms with Crippen molar-refractivity contribution in [2.45, 2.75) is 57.3 Å². The van der Waals surface area contributed by atoms with Gasteiger partial charge in [0.15, 0.2) is 0 Å². The monoisotopic (exact) mass is 301 g/mol. The van der Waals surface area contributed by atoms with Crippen molar-refractivity contribution in [3.8, 4) is 5.75 Å². The van der Waals surface area contributed by atoms with E-state index in [4.69, 9.17) is 10.5 Å².